The minimum atomic E-state index is 0.207. The van der Waals surface area contributed by atoms with Gasteiger partial charge in [0, 0.05) is 24.0 Å². The lowest BCUT2D eigenvalue weighted by molar-refractivity contribution is -0.125. The number of ketones is 1. The first-order valence-corrected chi connectivity index (χ1v) is 11.3. The van der Waals surface area contributed by atoms with Crippen molar-refractivity contribution >= 4 is 35.3 Å². The van der Waals surface area contributed by atoms with Gasteiger partial charge in [0.2, 0.25) is 0 Å². The van der Waals surface area contributed by atoms with Crippen LogP contribution in [0, 0.1) is 17.8 Å². The Morgan fingerprint density at radius 3 is 1.96 bits per heavy atom. The lowest BCUT2D eigenvalue weighted by Gasteiger charge is -2.26. The number of carbonyl (C=O) groups excluding carboxylic acids is 2. The summed E-state index contributed by atoms with van der Waals surface area (Å²) >= 11 is 5.71. The number of Topliss-reactive ketones (excluding diaryl/α,β-unsaturated/α-hetero) is 1. The number of hydrogen-bond acceptors (Lipinski definition) is 4. The summed E-state index contributed by atoms with van der Waals surface area (Å²) in [5.74, 6) is 3.58. The largest absolute Gasteiger partial charge is 0.299 e. The lowest BCUT2D eigenvalue weighted by Crippen LogP contribution is -2.24. The molecule has 2 nitrogen and oxygen atoms in total. The van der Waals surface area contributed by atoms with Gasteiger partial charge in [-0.3, -0.25) is 9.59 Å². The van der Waals surface area contributed by atoms with Crippen LogP contribution >= 0.6 is 24.4 Å². The topological polar surface area (TPSA) is 34.1 Å². The molecule has 0 atom stereocenters. The lowest BCUT2D eigenvalue weighted by atomic mass is 9.80. The van der Waals surface area contributed by atoms with Crippen molar-refractivity contribution in [1.29, 1.82) is 0 Å². The average Bonchev–Trinajstić information content (AvgIpc) is 2.56. The monoisotopic (exact) mass is 374 g/mol. The Bertz CT molecular complexity index is 332. The number of rotatable bonds is 9. The van der Waals surface area contributed by atoms with Crippen LogP contribution in [-0.2, 0) is 9.59 Å². The SMILES string of the molecule is CC(C)C.CCC(=O)C1CCC(C(=O)SCCCCCCS)CC1. The third kappa shape index (κ3) is 12.4. The van der Waals surface area contributed by atoms with Crippen molar-refractivity contribution in [3.63, 3.8) is 0 Å². The summed E-state index contributed by atoms with van der Waals surface area (Å²) in [6.45, 7) is 8.43. The van der Waals surface area contributed by atoms with Gasteiger partial charge in [0.15, 0.2) is 5.12 Å². The standard InChI is InChI=1S/C16H28O2S2.C4H10/c1-2-15(17)13-7-9-14(10-8-13)16(18)20-12-6-4-3-5-11-19;1-4(2)3/h13-14,19H,2-12H2,1H3;4H,1-3H3. The second-order valence-corrected chi connectivity index (χ2v) is 8.95. The maximum atomic E-state index is 12.1. The van der Waals surface area contributed by atoms with Crippen LogP contribution in [0.1, 0.15) is 85.5 Å². The molecule has 0 amide bonds. The molecule has 1 aliphatic carbocycles. The first kappa shape index (κ1) is 24.0. The fourth-order valence-corrected chi connectivity index (χ4v) is 4.04. The highest BCUT2D eigenvalue weighted by atomic mass is 32.2. The fraction of sp³-hybridized carbons (Fsp3) is 0.900. The van der Waals surface area contributed by atoms with E-state index < -0.39 is 0 Å². The normalized spacial score (nSPS) is 20.4. The Hall–Kier alpha value is 0.0400. The van der Waals surface area contributed by atoms with Crippen LogP contribution < -0.4 is 0 Å². The summed E-state index contributed by atoms with van der Waals surface area (Å²) < 4.78 is 0. The molecular weight excluding hydrogens is 336 g/mol. The highest BCUT2D eigenvalue weighted by Gasteiger charge is 2.28. The van der Waals surface area contributed by atoms with E-state index in [1.54, 1.807) is 0 Å². The van der Waals surface area contributed by atoms with E-state index in [0.717, 1.165) is 49.5 Å². The van der Waals surface area contributed by atoms with Gasteiger partial charge in [-0.2, -0.15) is 12.6 Å². The Morgan fingerprint density at radius 1 is 0.958 bits per heavy atom. The number of thiol groups is 1. The molecule has 1 saturated carbocycles. The van der Waals surface area contributed by atoms with Crippen molar-refractivity contribution in [3.05, 3.63) is 0 Å². The van der Waals surface area contributed by atoms with Crippen LogP contribution in [0.5, 0.6) is 0 Å². The van der Waals surface area contributed by atoms with Crippen LogP contribution in [0.25, 0.3) is 0 Å². The van der Waals surface area contributed by atoms with E-state index >= 15 is 0 Å². The van der Waals surface area contributed by atoms with Crippen LogP contribution in [-0.4, -0.2) is 22.4 Å². The molecule has 142 valence electrons. The molecule has 0 saturated heterocycles. The van der Waals surface area contributed by atoms with Crippen molar-refractivity contribution in [2.75, 3.05) is 11.5 Å². The van der Waals surface area contributed by atoms with Gasteiger partial charge >= 0.3 is 0 Å². The van der Waals surface area contributed by atoms with E-state index in [1.807, 2.05) is 6.92 Å². The predicted octanol–water partition coefficient (Wildman–Crippen LogP) is 6.18. The van der Waals surface area contributed by atoms with Gasteiger partial charge in [-0.05, 0) is 50.2 Å². The minimum Gasteiger partial charge on any atom is -0.299 e. The van der Waals surface area contributed by atoms with Gasteiger partial charge in [-0.1, -0.05) is 52.3 Å². The number of unbranched alkanes of at least 4 members (excludes halogenated alkanes) is 3. The molecule has 24 heavy (non-hydrogen) atoms. The molecule has 0 aromatic heterocycles. The molecular formula is C20H38O2S2. The second-order valence-electron chi connectivity index (χ2n) is 7.41. The maximum absolute atomic E-state index is 12.1. The zero-order chi connectivity index (χ0) is 18.4. The third-order valence-electron chi connectivity index (χ3n) is 4.16. The van der Waals surface area contributed by atoms with Crippen molar-refractivity contribution < 1.29 is 9.59 Å². The molecule has 0 aromatic carbocycles. The maximum Gasteiger partial charge on any atom is 0.192 e. The molecule has 0 aromatic rings. The molecule has 0 spiro atoms. The summed E-state index contributed by atoms with van der Waals surface area (Å²) in [6, 6.07) is 0. The number of thioether (sulfide) groups is 1. The minimum absolute atomic E-state index is 0.207. The molecule has 0 N–H and O–H groups in total. The van der Waals surface area contributed by atoms with Crippen molar-refractivity contribution in [2.45, 2.75) is 85.5 Å². The smallest absolute Gasteiger partial charge is 0.192 e. The van der Waals surface area contributed by atoms with Gasteiger partial charge in [-0.25, -0.2) is 0 Å². The molecule has 0 radical (unpaired) electrons. The number of hydrogen-bond donors (Lipinski definition) is 1. The molecule has 0 aliphatic heterocycles. The van der Waals surface area contributed by atoms with E-state index in [2.05, 4.69) is 33.4 Å². The van der Waals surface area contributed by atoms with Crippen LogP contribution in [0.15, 0.2) is 0 Å². The zero-order valence-corrected chi connectivity index (χ0v) is 17.9. The molecule has 1 rings (SSSR count). The van der Waals surface area contributed by atoms with Gasteiger partial charge in [-0.15, -0.1) is 0 Å². The average molecular weight is 375 g/mol. The molecule has 4 heteroatoms. The van der Waals surface area contributed by atoms with Crippen molar-refractivity contribution in [2.24, 2.45) is 17.8 Å². The highest BCUT2D eigenvalue weighted by Crippen LogP contribution is 2.33. The van der Waals surface area contributed by atoms with Gasteiger partial charge in [0.05, 0.1) is 0 Å². The van der Waals surface area contributed by atoms with Crippen molar-refractivity contribution in [1.82, 2.24) is 0 Å². The molecule has 0 heterocycles. The summed E-state index contributed by atoms with van der Waals surface area (Å²) in [4.78, 5) is 23.7. The van der Waals surface area contributed by atoms with E-state index in [9.17, 15) is 9.59 Å². The summed E-state index contributed by atoms with van der Waals surface area (Å²) in [5.41, 5.74) is 0. The Labute approximate surface area is 159 Å². The first-order valence-electron chi connectivity index (χ1n) is 9.72. The van der Waals surface area contributed by atoms with E-state index in [0.29, 0.717) is 17.3 Å². The third-order valence-corrected chi connectivity index (χ3v) is 5.59. The predicted molar refractivity (Wildman–Crippen MR) is 111 cm³/mol. The fourth-order valence-electron chi connectivity index (χ4n) is 2.80. The first-order chi connectivity index (χ1) is 11.4. The van der Waals surface area contributed by atoms with E-state index in [4.69, 9.17) is 0 Å². The van der Waals surface area contributed by atoms with E-state index in [-0.39, 0.29) is 11.8 Å². The molecule has 1 aliphatic rings. The Kier molecular flexibility index (Phi) is 15.3. The van der Waals surface area contributed by atoms with Crippen LogP contribution in [0.3, 0.4) is 0 Å². The van der Waals surface area contributed by atoms with Crippen molar-refractivity contribution in [3.8, 4) is 0 Å². The highest BCUT2D eigenvalue weighted by molar-refractivity contribution is 8.13. The molecule has 0 bridgehead atoms. The molecule has 1 fully saturated rings. The Balaban J connectivity index is 0.00000118. The molecule has 0 unspecified atom stereocenters. The van der Waals surface area contributed by atoms with Gasteiger partial charge < -0.3 is 0 Å². The van der Waals surface area contributed by atoms with E-state index in [1.165, 1.54) is 31.0 Å². The number of carbonyl (C=O) groups is 2. The van der Waals surface area contributed by atoms with Crippen LogP contribution in [0.2, 0.25) is 0 Å². The van der Waals surface area contributed by atoms with Gasteiger partial charge in [0.1, 0.15) is 5.78 Å². The zero-order valence-electron chi connectivity index (χ0n) is 16.2. The quantitative estimate of drug-likeness (QED) is 0.386. The Morgan fingerprint density at radius 2 is 1.46 bits per heavy atom. The van der Waals surface area contributed by atoms with Gasteiger partial charge in [0.25, 0.3) is 0 Å². The summed E-state index contributed by atoms with van der Waals surface area (Å²) in [7, 11) is 0. The second kappa shape index (κ2) is 15.3. The summed E-state index contributed by atoms with van der Waals surface area (Å²) in [6.07, 6.45) is 9.07. The van der Waals surface area contributed by atoms with Crippen LogP contribution in [0.4, 0.5) is 0 Å². The summed E-state index contributed by atoms with van der Waals surface area (Å²) in [5, 5.41) is 0.363.